The summed E-state index contributed by atoms with van der Waals surface area (Å²) in [6.07, 6.45) is 11.0. The Bertz CT molecular complexity index is 540. The largest absolute Gasteiger partial charge is 0.298 e. The lowest BCUT2D eigenvalue weighted by Crippen LogP contribution is -2.54. The lowest BCUT2D eigenvalue weighted by molar-refractivity contribution is -0.134. The van der Waals surface area contributed by atoms with Crippen molar-refractivity contribution in [2.75, 3.05) is 5.33 Å². The summed E-state index contributed by atoms with van der Waals surface area (Å²) in [6.45, 7) is 10.1. The Morgan fingerprint density at radius 2 is 1.72 bits per heavy atom. The highest BCUT2D eigenvalue weighted by Crippen LogP contribution is 2.67. The summed E-state index contributed by atoms with van der Waals surface area (Å²) >= 11 is 3.45. The first-order chi connectivity index (χ1) is 11.8. The van der Waals surface area contributed by atoms with Gasteiger partial charge in [-0.2, -0.15) is 0 Å². The fraction of sp³-hybridized carbons (Fsp3) is 0.957. The van der Waals surface area contributed by atoms with E-state index in [1.165, 1.54) is 44.9 Å². The summed E-state index contributed by atoms with van der Waals surface area (Å²) in [4.78, 5) is 12.6. The van der Waals surface area contributed by atoms with Crippen LogP contribution < -0.4 is 0 Å². The fourth-order valence-corrected chi connectivity index (χ4v) is 8.73. The van der Waals surface area contributed by atoms with Gasteiger partial charge in [0.1, 0.15) is 5.78 Å². The Morgan fingerprint density at radius 1 is 0.960 bits per heavy atom. The van der Waals surface area contributed by atoms with Gasteiger partial charge >= 0.3 is 0 Å². The molecule has 0 N–H and O–H groups in total. The number of ketones is 1. The van der Waals surface area contributed by atoms with Crippen LogP contribution in [0, 0.1) is 52.3 Å². The number of fused-ring (bicyclic) bond motifs is 5. The van der Waals surface area contributed by atoms with Crippen LogP contribution in [0.5, 0.6) is 0 Å². The van der Waals surface area contributed by atoms with Gasteiger partial charge in [0.25, 0.3) is 0 Å². The monoisotopic (exact) mass is 408 g/mol. The Labute approximate surface area is 163 Å². The van der Waals surface area contributed by atoms with Crippen LogP contribution in [-0.2, 0) is 4.79 Å². The van der Waals surface area contributed by atoms with Crippen LogP contribution in [0.4, 0.5) is 0 Å². The highest BCUT2D eigenvalue weighted by molar-refractivity contribution is 9.09. The van der Waals surface area contributed by atoms with Gasteiger partial charge in [-0.05, 0) is 91.3 Å². The molecule has 4 rings (SSSR count). The zero-order valence-corrected chi connectivity index (χ0v) is 18.3. The standard InChI is InChI=1S/C23H37BrO/c1-14-5-6-16-15-9-10-23(4)18(7-8-19(23)21(25)13-24)17(15)12-22(2,3)20(16)11-14/h14-20H,5-13H2,1-4H3. The maximum atomic E-state index is 12.6. The average Bonchev–Trinajstić information content (AvgIpc) is 2.92. The van der Waals surface area contributed by atoms with E-state index in [0.717, 1.165) is 41.9 Å². The third-order valence-corrected chi connectivity index (χ3v) is 10.0. The maximum absolute atomic E-state index is 12.6. The van der Waals surface area contributed by atoms with Crippen LogP contribution in [0.25, 0.3) is 0 Å². The number of hydrogen-bond acceptors (Lipinski definition) is 1. The molecule has 0 aliphatic heterocycles. The van der Waals surface area contributed by atoms with Gasteiger partial charge in [0.05, 0.1) is 5.33 Å². The van der Waals surface area contributed by atoms with E-state index in [1.54, 1.807) is 0 Å². The molecule has 8 atom stereocenters. The van der Waals surface area contributed by atoms with Crippen LogP contribution in [0.1, 0.15) is 79.1 Å². The van der Waals surface area contributed by atoms with Crippen molar-refractivity contribution in [3.05, 3.63) is 0 Å². The van der Waals surface area contributed by atoms with Gasteiger partial charge in [0.15, 0.2) is 0 Å². The molecule has 0 aromatic heterocycles. The molecule has 0 aromatic rings. The van der Waals surface area contributed by atoms with E-state index in [1.807, 2.05) is 0 Å². The molecule has 1 nitrogen and oxygen atoms in total. The van der Waals surface area contributed by atoms with Crippen molar-refractivity contribution in [2.45, 2.75) is 79.1 Å². The number of halogens is 1. The summed E-state index contributed by atoms with van der Waals surface area (Å²) in [5, 5.41) is 0.558. The lowest BCUT2D eigenvalue weighted by atomic mass is 9.44. The van der Waals surface area contributed by atoms with Crippen molar-refractivity contribution >= 4 is 21.7 Å². The molecule has 25 heavy (non-hydrogen) atoms. The summed E-state index contributed by atoms with van der Waals surface area (Å²) in [6, 6.07) is 0. The normalized spacial score (nSPS) is 51.3. The number of alkyl halides is 1. The highest BCUT2D eigenvalue weighted by atomic mass is 79.9. The summed E-state index contributed by atoms with van der Waals surface area (Å²) in [5.74, 6) is 6.30. The van der Waals surface area contributed by atoms with Crippen molar-refractivity contribution < 1.29 is 4.79 Å². The van der Waals surface area contributed by atoms with E-state index in [2.05, 4.69) is 43.6 Å². The molecular weight excluding hydrogens is 372 g/mol. The minimum Gasteiger partial charge on any atom is -0.298 e. The number of rotatable bonds is 2. The van der Waals surface area contributed by atoms with Gasteiger partial charge < -0.3 is 0 Å². The zero-order valence-electron chi connectivity index (χ0n) is 16.7. The Kier molecular flexibility index (Phi) is 4.70. The Hall–Kier alpha value is 0.150. The molecular formula is C23H37BrO. The third kappa shape index (κ3) is 2.79. The topological polar surface area (TPSA) is 17.1 Å². The minimum absolute atomic E-state index is 0.289. The highest BCUT2D eigenvalue weighted by Gasteiger charge is 2.60. The van der Waals surface area contributed by atoms with Gasteiger partial charge in [-0.25, -0.2) is 0 Å². The SMILES string of the molecule is CC1CCC2C3CCC4(C)C(C(=O)CBr)CCC4C3CC(C)(C)C2C1. The fourth-order valence-electron chi connectivity index (χ4n) is 8.34. The predicted molar refractivity (Wildman–Crippen MR) is 108 cm³/mol. The molecule has 8 unspecified atom stereocenters. The van der Waals surface area contributed by atoms with Gasteiger partial charge in [-0.15, -0.1) is 0 Å². The van der Waals surface area contributed by atoms with E-state index in [4.69, 9.17) is 0 Å². The first-order valence-electron chi connectivity index (χ1n) is 10.9. The van der Waals surface area contributed by atoms with E-state index in [-0.39, 0.29) is 5.41 Å². The summed E-state index contributed by atoms with van der Waals surface area (Å²) in [7, 11) is 0. The van der Waals surface area contributed by atoms with Gasteiger partial charge in [0.2, 0.25) is 0 Å². The van der Waals surface area contributed by atoms with Gasteiger partial charge in [-0.3, -0.25) is 4.79 Å². The summed E-state index contributed by atoms with van der Waals surface area (Å²) in [5.41, 5.74) is 0.785. The maximum Gasteiger partial charge on any atom is 0.147 e. The van der Waals surface area contributed by atoms with Crippen LogP contribution in [0.3, 0.4) is 0 Å². The molecule has 2 heteroatoms. The molecule has 4 aliphatic rings. The second-order valence-electron chi connectivity index (χ2n) is 11.1. The average molecular weight is 409 g/mol. The van der Waals surface area contributed by atoms with Crippen molar-refractivity contribution in [3.63, 3.8) is 0 Å². The molecule has 142 valence electrons. The van der Waals surface area contributed by atoms with Crippen LogP contribution in [-0.4, -0.2) is 11.1 Å². The number of hydrogen-bond donors (Lipinski definition) is 0. The lowest BCUT2D eigenvalue weighted by Gasteiger charge is -2.61. The molecule has 0 amide bonds. The van der Waals surface area contributed by atoms with Gasteiger partial charge in [0, 0.05) is 5.92 Å². The minimum atomic E-state index is 0.289. The van der Waals surface area contributed by atoms with Crippen molar-refractivity contribution in [2.24, 2.45) is 52.3 Å². The first kappa shape index (κ1) is 18.5. The van der Waals surface area contributed by atoms with Crippen LogP contribution in [0.15, 0.2) is 0 Å². The number of Topliss-reactive ketones (excluding diaryl/α,β-unsaturated/α-hetero) is 1. The van der Waals surface area contributed by atoms with Gasteiger partial charge in [-0.1, -0.05) is 50.0 Å². The summed E-state index contributed by atoms with van der Waals surface area (Å²) < 4.78 is 0. The Balaban J connectivity index is 1.63. The van der Waals surface area contributed by atoms with Crippen LogP contribution >= 0.6 is 15.9 Å². The first-order valence-corrected chi connectivity index (χ1v) is 12.0. The molecule has 0 saturated heterocycles. The van der Waals surface area contributed by atoms with E-state index in [0.29, 0.717) is 22.4 Å². The third-order valence-electron chi connectivity index (χ3n) is 9.49. The molecule has 4 fully saturated rings. The molecule has 0 spiro atoms. The van der Waals surface area contributed by atoms with Crippen molar-refractivity contribution in [3.8, 4) is 0 Å². The second-order valence-corrected chi connectivity index (χ2v) is 11.7. The second kappa shape index (κ2) is 6.35. The van der Waals surface area contributed by atoms with Crippen molar-refractivity contribution in [1.29, 1.82) is 0 Å². The smallest absolute Gasteiger partial charge is 0.147 e. The zero-order chi connectivity index (χ0) is 18.0. The van der Waals surface area contributed by atoms with E-state index in [9.17, 15) is 4.79 Å². The molecule has 0 radical (unpaired) electrons. The van der Waals surface area contributed by atoms with Crippen LogP contribution in [0.2, 0.25) is 0 Å². The molecule has 0 aromatic carbocycles. The number of carbonyl (C=O) groups is 1. The number of carbonyl (C=O) groups excluding carboxylic acids is 1. The van der Waals surface area contributed by atoms with E-state index >= 15 is 0 Å². The molecule has 4 aliphatic carbocycles. The molecule has 4 saturated carbocycles. The predicted octanol–water partition coefficient (Wildman–Crippen LogP) is 6.49. The van der Waals surface area contributed by atoms with Crippen molar-refractivity contribution in [1.82, 2.24) is 0 Å². The quantitative estimate of drug-likeness (QED) is 0.476. The molecule has 0 heterocycles. The Morgan fingerprint density at radius 3 is 2.44 bits per heavy atom. The van der Waals surface area contributed by atoms with E-state index < -0.39 is 0 Å². The molecule has 0 bridgehead atoms.